The number of hydrogen-bond donors (Lipinski definition) is 3. The molecule has 0 spiro atoms. The van der Waals surface area contributed by atoms with Crippen LogP contribution in [0.1, 0.15) is 17.7 Å². The van der Waals surface area contributed by atoms with E-state index >= 15 is 0 Å². The van der Waals surface area contributed by atoms with Crippen molar-refractivity contribution in [2.24, 2.45) is 0 Å². The predicted molar refractivity (Wildman–Crippen MR) is 118 cm³/mol. The van der Waals surface area contributed by atoms with Gasteiger partial charge in [-0.2, -0.15) is 0 Å². The minimum atomic E-state index is -1.71. The lowest BCUT2D eigenvalue weighted by Crippen LogP contribution is -2.47. The molecule has 164 valence electrons. The quantitative estimate of drug-likeness (QED) is 0.343. The zero-order chi connectivity index (χ0) is 22.5. The zero-order valence-corrected chi connectivity index (χ0v) is 17.5. The highest BCUT2D eigenvalue weighted by molar-refractivity contribution is 6.43. The van der Waals surface area contributed by atoms with Gasteiger partial charge in [-0.3, -0.25) is 4.79 Å². The fourth-order valence-electron chi connectivity index (χ4n) is 3.45. The maximum atomic E-state index is 12.4. The van der Waals surface area contributed by atoms with Crippen molar-refractivity contribution in [1.29, 1.82) is 0 Å². The van der Waals surface area contributed by atoms with E-state index in [2.05, 4.69) is 15.6 Å². The molecule has 32 heavy (non-hydrogen) atoms. The Kier molecular flexibility index (Phi) is 6.53. The number of carbonyl (C=O) groups is 1. The van der Waals surface area contributed by atoms with Crippen LogP contribution in [-0.2, 0) is 17.6 Å². The molecule has 2 aromatic heterocycles. The van der Waals surface area contributed by atoms with Crippen molar-refractivity contribution in [3.8, 4) is 11.4 Å². The van der Waals surface area contributed by atoms with Gasteiger partial charge in [0.2, 0.25) is 5.91 Å². The van der Waals surface area contributed by atoms with Gasteiger partial charge in [-0.05, 0) is 42.3 Å². The number of ether oxygens (including phenoxy) is 1. The Morgan fingerprint density at radius 2 is 2.00 bits per heavy atom. The maximum Gasteiger partial charge on any atom is 0.475 e. The van der Waals surface area contributed by atoms with E-state index in [0.29, 0.717) is 17.7 Å². The van der Waals surface area contributed by atoms with Crippen LogP contribution in [-0.4, -0.2) is 51.1 Å². The third-order valence-corrected chi connectivity index (χ3v) is 5.19. The molecule has 1 atom stereocenters. The van der Waals surface area contributed by atoms with Gasteiger partial charge in [-0.1, -0.05) is 23.4 Å². The van der Waals surface area contributed by atoms with Crippen molar-refractivity contribution >= 4 is 24.0 Å². The highest BCUT2D eigenvalue weighted by Gasteiger charge is 2.27. The van der Waals surface area contributed by atoms with Crippen molar-refractivity contribution in [1.82, 2.24) is 20.3 Å². The molecule has 4 aromatic rings. The summed E-state index contributed by atoms with van der Waals surface area (Å²) in [6.45, 7) is 0. The molecule has 0 saturated carbocycles. The van der Waals surface area contributed by atoms with Gasteiger partial charge in [0, 0.05) is 18.2 Å². The maximum absolute atomic E-state index is 12.4. The average molecular weight is 434 g/mol. The lowest BCUT2D eigenvalue weighted by Gasteiger charge is -2.17. The standard InChI is InChI=1S/C22H23BN4O5/c1-31-18-9-7-17(8-10-18)27-13-16(25-26-27)6-11-22(28)24-21(23(29)30)12-15-14-32-20-5-3-2-4-19(15)20/h2-5,7-10,13-14,21,29-30H,6,11-12H2,1H3,(H,24,28). The number of aryl methyl sites for hydroxylation is 1. The summed E-state index contributed by atoms with van der Waals surface area (Å²) in [6.07, 6.45) is 4.06. The number of rotatable bonds is 9. The van der Waals surface area contributed by atoms with Crippen LogP contribution in [0.4, 0.5) is 0 Å². The first kappa shape index (κ1) is 21.6. The van der Waals surface area contributed by atoms with Gasteiger partial charge in [-0.15, -0.1) is 5.10 Å². The van der Waals surface area contributed by atoms with Gasteiger partial charge < -0.3 is 24.5 Å². The predicted octanol–water partition coefficient (Wildman–Crippen LogP) is 1.69. The summed E-state index contributed by atoms with van der Waals surface area (Å²) in [7, 11) is -0.103. The molecule has 10 heteroatoms. The number of carbonyl (C=O) groups excluding carboxylic acids is 1. The molecule has 1 amide bonds. The van der Waals surface area contributed by atoms with Crippen LogP contribution in [0.5, 0.6) is 5.75 Å². The summed E-state index contributed by atoms with van der Waals surface area (Å²) < 4.78 is 12.3. The molecule has 0 aliphatic rings. The van der Waals surface area contributed by atoms with E-state index in [-0.39, 0.29) is 18.7 Å². The second-order valence-electron chi connectivity index (χ2n) is 7.40. The number of nitrogens with zero attached hydrogens (tertiary/aromatic N) is 3. The van der Waals surface area contributed by atoms with Crippen LogP contribution in [0.3, 0.4) is 0 Å². The first-order valence-corrected chi connectivity index (χ1v) is 10.2. The molecule has 0 bridgehead atoms. The normalized spacial score (nSPS) is 12.0. The number of amides is 1. The lowest BCUT2D eigenvalue weighted by molar-refractivity contribution is -0.121. The summed E-state index contributed by atoms with van der Waals surface area (Å²) in [5.74, 6) is -0.428. The van der Waals surface area contributed by atoms with Gasteiger partial charge in [-0.25, -0.2) is 4.68 Å². The van der Waals surface area contributed by atoms with E-state index < -0.39 is 13.1 Å². The first-order chi connectivity index (χ1) is 15.5. The van der Waals surface area contributed by atoms with E-state index in [1.807, 2.05) is 48.5 Å². The minimum absolute atomic E-state index is 0.136. The van der Waals surface area contributed by atoms with Crippen LogP contribution in [0.15, 0.2) is 65.4 Å². The summed E-state index contributed by atoms with van der Waals surface area (Å²) in [6, 6.07) is 14.8. The molecular weight excluding hydrogens is 411 g/mol. The van der Waals surface area contributed by atoms with Gasteiger partial charge in [0.1, 0.15) is 11.3 Å². The molecule has 2 aromatic carbocycles. The molecule has 0 aliphatic heterocycles. The number of aromatic nitrogens is 3. The number of methoxy groups -OCH3 is 1. The number of benzene rings is 2. The van der Waals surface area contributed by atoms with Gasteiger partial charge in [0.15, 0.2) is 0 Å². The van der Waals surface area contributed by atoms with Gasteiger partial charge in [0.25, 0.3) is 0 Å². The van der Waals surface area contributed by atoms with Crippen molar-refractivity contribution in [3.05, 3.63) is 72.2 Å². The second kappa shape index (κ2) is 9.67. The third-order valence-electron chi connectivity index (χ3n) is 5.19. The smallest absolute Gasteiger partial charge is 0.475 e. The van der Waals surface area contributed by atoms with Crippen LogP contribution < -0.4 is 10.1 Å². The first-order valence-electron chi connectivity index (χ1n) is 10.2. The fourth-order valence-corrected chi connectivity index (χ4v) is 3.45. The Labute approximate surface area is 184 Å². The molecule has 9 nitrogen and oxygen atoms in total. The highest BCUT2D eigenvalue weighted by Crippen LogP contribution is 2.22. The average Bonchev–Trinajstić information content (AvgIpc) is 3.45. The monoisotopic (exact) mass is 434 g/mol. The van der Waals surface area contributed by atoms with Gasteiger partial charge in [0.05, 0.1) is 36.9 Å². The third kappa shape index (κ3) is 4.98. The molecule has 3 N–H and O–H groups in total. The number of nitrogens with one attached hydrogen (secondary N) is 1. The van der Waals surface area contributed by atoms with E-state index in [1.54, 1.807) is 24.3 Å². The minimum Gasteiger partial charge on any atom is -0.497 e. The number of para-hydroxylation sites is 1. The molecule has 0 aliphatic carbocycles. The van der Waals surface area contributed by atoms with Crippen LogP contribution in [0, 0.1) is 0 Å². The molecule has 0 fully saturated rings. The summed E-state index contributed by atoms with van der Waals surface area (Å²) in [5.41, 5.74) is 2.98. The molecule has 0 radical (unpaired) electrons. The van der Waals surface area contributed by atoms with Crippen LogP contribution >= 0.6 is 0 Å². The molecule has 0 saturated heterocycles. The van der Waals surface area contributed by atoms with E-state index in [4.69, 9.17) is 9.15 Å². The van der Waals surface area contributed by atoms with Crippen molar-refractivity contribution in [3.63, 3.8) is 0 Å². The Morgan fingerprint density at radius 3 is 2.75 bits per heavy atom. The number of furan rings is 1. The fraction of sp³-hybridized carbons (Fsp3) is 0.227. The Morgan fingerprint density at radius 1 is 1.22 bits per heavy atom. The number of hydrogen-bond acceptors (Lipinski definition) is 7. The molecule has 4 rings (SSSR count). The number of fused-ring (bicyclic) bond motifs is 1. The van der Waals surface area contributed by atoms with E-state index in [1.165, 1.54) is 0 Å². The Balaban J connectivity index is 1.34. The Hall–Kier alpha value is -3.63. The van der Waals surface area contributed by atoms with Gasteiger partial charge >= 0.3 is 7.12 Å². The highest BCUT2D eigenvalue weighted by atomic mass is 16.5. The van der Waals surface area contributed by atoms with E-state index in [9.17, 15) is 14.8 Å². The van der Waals surface area contributed by atoms with Crippen LogP contribution in [0.25, 0.3) is 16.7 Å². The van der Waals surface area contributed by atoms with E-state index in [0.717, 1.165) is 22.4 Å². The topological polar surface area (TPSA) is 123 Å². The Bertz CT molecular complexity index is 1190. The summed E-state index contributed by atoms with van der Waals surface area (Å²) in [5, 5.41) is 31.3. The van der Waals surface area contributed by atoms with Crippen LogP contribution in [0.2, 0.25) is 0 Å². The zero-order valence-electron chi connectivity index (χ0n) is 17.5. The summed E-state index contributed by atoms with van der Waals surface area (Å²) >= 11 is 0. The van der Waals surface area contributed by atoms with Crippen molar-refractivity contribution < 1.29 is 24.0 Å². The molecular formula is C22H23BN4O5. The van der Waals surface area contributed by atoms with Crippen molar-refractivity contribution in [2.45, 2.75) is 25.2 Å². The summed E-state index contributed by atoms with van der Waals surface area (Å²) in [4.78, 5) is 12.4. The SMILES string of the molecule is COc1ccc(-n2cc(CCC(=O)NC(Cc3coc4ccccc34)B(O)O)nn2)cc1. The lowest BCUT2D eigenvalue weighted by atomic mass is 9.76. The largest absolute Gasteiger partial charge is 0.497 e. The molecule has 2 heterocycles. The van der Waals surface area contributed by atoms with Crippen molar-refractivity contribution in [2.75, 3.05) is 7.11 Å². The molecule has 1 unspecified atom stereocenters. The second-order valence-corrected chi connectivity index (χ2v) is 7.40.